The van der Waals surface area contributed by atoms with Crippen LogP contribution in [-0.2, 0) is 13.6 Å². The van der Waals surface area contributed by atoms with Gasteiger partial charge in [-0.05, 0) is 54.1 Å². The van der Waals surface area contributed by atoms with Gasteiger partial charge in [-0.1, -0.05) is 12.1 Å². The molecular formula is C33H29N11O. The van der Waals surface area contributed by atoms with E-state index in [1.54, 1.807) is 48.4 Å². The lowest BCUT2D eigenvalue weighted by Gasteiger charge is -2.34. The van der Waals surface area contributed by atoms with Gasteiger partial charge in [0.1, 0.15) is 23.1 Å². The molecule has 1 aliphatic rings. The molecule has 0 atom stereocenters. The van der Waals surface area contributed by atoms with Crippen LogP contribution in [0.3, 0.4) is 0 Å². The number of fused-ring (bicyclic) bond motifs is 1. The number of imidazole rings is 1. The SMILES string of the molecule is Cn1cc(-c2ccc3nc(-c4cccnc4N)n(-c4ccc(CN5CCN(c6nccc(C#N)n6)CC5)cc4)c3n2)ccc1=O. The molecule has 0 aliphatic carbocycles. The summed E-state index contributed by atoms with van der Waals surface area (Å²) >= 11 is 0. The minimum absolute atomic E-state index is 0.0828. The van der Waals surface area contributed by atoms with E-state index < -0.39 is 0 Å². The third-order valence-corrected chi connectivity index (χ3v) is 7.98. The minimum Gasteiger partial charge on any atom is -0.383 e. The maximum Gasteiger partial charge on any atom is 0.250 e. The van der Waals surface area contributed by atoms with Gasteiger partial charge in [0.2, 0.25) is 11.5 Å². The Morgan fingerprint density at radius 2 is 1.71 bits per heavy atom. The fraction of sp³-hybridized carbons (Fsp3) is 0.182. The number of pyridine rings is 3. The van der Waals surface area contributed by atoms with Crippen LogP contribution < -0.4 is 16.2 Å². The number of nitrogens with zero attached hydrogens (tertiary/aromatic N) is 10. The number of nitriles is 1. The topological polar surface area (TPSA) is 148 Å². The normalized spacial score (nSPS) is 13.6. The molecule has 1 fully saturated rings. The van der Waals surface area contributed by atoms with Crippen molar-refractivity contribution in [3.05, 3.63) is 107 Å². The number of hydrogen-bond acceptors (Lipinski definition) is 10. The monoisotopic (exact) mass is 595 g/mol. The Labute approximate surface area is 258 Å². The van der Waals surface area contributed by atoms with Gasteiger partial charge in [0.15, 0.2) is 11.5 Å². The molecule has 6 heterocycles. The van der Waals surface area contributed by atoms with Crippen molar-refractivity contribution in [2.24, 2.45) is 7.05 Å². The fourth-order valence-corrected chi connectivity index (χ4v) is 5.57. The van der Waals surface area contributed by atoms with E-state index in [1.165, 1.54) is 5.56 Å². The molecule has 0 amide bonds. The number of anilines is 2. The van der Waals surface area contributed by atoms with E-state index in [0.29, 0.717) is 40.0 Å². The van der Waals surface area contributed by atoms with Gasteiger partial charge in [0.05, 0.1) is 11.3 Å². The lowest BCUT2D eigenvalue weighted by molar-refractivity contribution is 0.248. The molecule has 0 saturated carbocycles. The summed E-state index contributed by atoms with van der Waals surface area (Å²) in [5.41, 5.74) is 12.3. The van der Waals surface area contributed by atoms with E-state index in [0.717, 1.165) is 49.7 Å². The number of aromatic nitrogens is 7. The Balaban J connectivity index is 1.18. The van der Waals surface area contributed by atoms with E-state index in [4.69, 9.17) is 21.0 Å². The largest absolute Gasteiger partial charge is 0.383 e. The number of nitrogen functional groups attached to an aromatic ring is 1. The molecule has 7 rings (SSSR count). The second-order valence-corrected chi connectivity index (χ2v) is 10.9. The third kappa shape index (κ3) is 5.48. The van der Waals surface area contributed by atoms with Crippen LogP contribution in [0.4, 0.5) is 11.8 Å². The van der Waals surface area contributed by atoms with E-state index in [9.17, 15) is 4.79 Å². The van der Waals surface area contributed by atoms with Crippen molar-refractivity contribution < 1.29 is 0 Å². The second-order valence-electron chi connectivity index (χ2n) is 10.9. The highest BCUT2D eigenvalue weighted by Gasteiger charge is 2.21. The average Bonchev–Trinajstić information content (AvgIpc) is 3.45. The molecule has 12 nitrogen and oxygen atoms in total. The number of nitrogens with two attached hydrogens (primary N) is 1. The molecule has 2 N–H and O–H groups in total. The first-order valence-corrected chi connectivity index (χ1v) is 14.5. The van der Waals surface area contributed by atoms with Crippen molar-refractivity contribution in [3.63, 3.8) is 0 Å². The Bertz CT molecular complexity index is 2120. The molecule has 1 saturated heterocycles. The van der Waals surface area contributed by atoms with Crippen LogP contribution in [0, 0.1) is 11.3 Å². The van der Waals surface area contributed by atoms with Crippen molar-refractivity contribution >= 4 is 22.9 Å². The van der Waals surface area contributed by atoms with Gasteiger partial charge in [-0.25, -0.2) is 24.9 Å². The highest BCUT2D eigenvalue weighted by atomic mass is 16.1. The number of piperazine rings is 1. The lowest BCUT2D eigenvalue weighted by atomic mass is 10.1. The number of hydrogen-bond donors (Lipinski definition) is 1. The lowest BCUT2D eigenvalue weighted by Crippen LogP contribution is -2.46. The molecule has 12 heteroatoms. The van der Waals surface area contributed by atoms with Crippen LogP contribution in [0.2, 0.25) is 0 Å². The van der Waals surface area contributed by atoms with E-state index in [-0.39, 0.29) is 5.56 Å². The van der Waals surface area contributed by atoms with E-state index in [2.05, 4.69) is 55.1 Å². The maximum atomic E-state index is 12.0. The third-order valence-electron chi connectivity index (χ3n) is 7.98. The molecule has 5 aromatic heterocycles. The van der Waals surface area contributed by atoms with Crippen LogP contribution in [-0.4, -0.2) is 65.1 Å². The van der Waals surface area contributed by atoms with Gasteiger partial charge in [-0.15, -0.1) is 0 Å². The Morgan fingerprint density at radius 3 is 2.47 bits per heavy atom. The molecule has 0 unspecified atom stereocenters. The molecule has 0 bridgehead atoms. The van der Waals surface area contributed by atoms with Gasteiger partial charge < -0.3 is 15.2 Å². The zero-order valence-electron chi connectivity index (χ0n) is 24.6. The Morgan fingerprint density at radius 1 is 0.889 bits per heavy atom. The maximum absolute atomic E-state index is 12.0. The van der Waals surface area contributed by atoms with Crippen LogP contribution in [0.15, 0.2) is 90.1 Å². The number of benzene rings is 1. The standard InChI is InChI=1S/C33H29N11O/c1-41-21-23(6-11-29(41)45)27-9-10-28-32(39-27)44(31(40-28)26-3-2-13-36-30(26)35)25-7-4-22(5-8-25)20-42-15-17-43(18-16-42)33-37-14-12-24(19-34)38-33/h2-14,21H,15-18,20H2,1H3,(H2,35,36). The highest BCUT2D eigenvalue weighted by molar-refractivity contribution is 5.84. The van der Waals surface area contributed by atoms with Gasteiger partial charge in [0.25, 0.3) is 0 Å². The molecule has 1 aromatic carbocycles. The van der Waals surface area contributed by atoms with Gasteiger partial charge in [-0.3, -0.25) is 14.3 Å². The van der Waals surface area contributed by atoms with Crippen molar-refractivity contribution in [1.82, 2.24) is 39.0 Å². The van der Waals surface area contributed by atoms with Crippen molar-refractivity contribution in [1.29, 1.82) is 5.26 Å². The summed E-state index contributed by atoms with van der Waals surface area (Å²) in [7, 11) is 1.72. The summed E-state index contributed by atoms with van der Waals surface area (Å²) in [6.07, 6.45) is 5.07. The minimum atomic E-state index is -0.0828. The summed E-state index contributed by atoms with van der Waals surface area (Å²) in [4.78, 5) is 39.4. The molecule has 1 aliphatic heterocycles. The highest BCUT2D eigenvalue weighted by Crippen LogP contribution is 2.31. The number of rotatable bonds is 6. The summed E-state index contributed by atoms with van der Waals surface area (Å²) in [6.45, 7) is 4.09. The Kier molecular flexibility index (Phi) is 7.20. The van der Waals surface area contributed by atoms with Crippen molar-refractivity contribution in [2.75, 3.05) is 36.8 Å². The summed E-state index contributed by atoms with van der Waals surface area (Å²) in [5, 5.41) is 9.17. The molecule has 45 heavy (non-hydrogen) atoms. The predicted octanol–water partition coefficient (Wildman–Crippen LogP) is 3.41. The summed E-state index contributed by atoms with van der Waals surface area (Å²) in [6, 6.07) is 23.0. The molecular weight excluding hydrogens is 566 g/mol. The average molecular weight is 596 g/mol. The van der Waals surface area contributed by atoms with Crippen LogP contribution in [0.1, 0.15) is 11.3 Å². The smallest absolute Gasteiger partial charge is 0.250 e. The first kappa shape index (κ1) is 27.9. The van der Waals surface area contributed by atoms with E-state index >= 15 is 0 Å². The quantitative estimate of drug-likeness (QED) is 0.304. The van der Waals surface area contributed by atoms with Crippen LogP contribution >= 0.6 is 0 Å². The first-order chi connectivity index (χ1) is 22.0. The summed E-state index contributed by atoms with van der Waals surface area (Å²) in [5.74, 6) is 1.63. The zero-order chi connectivity index (χ0) is 30.9. The van der Waals surface area contributed by atoms with Gasteiger partial charge in [-0.2, -0.15) is 5.26 Å². The number of aryl methyl sites for hydroxylation is 1. The second kappa shape index (κ2) is 11.6. The van der Waals surface area contributed by atoms with Gasteiger partial charge in [0, 0.05) is 75.7 Å². The van der Waals surface area contributed by atoms with E-state index in [1.807, 2.05) is 28.8 Å². The predicted molar refractivity (Wildman–Crippen MR) is 171 cm³/mol. The first-order valence-electron chi connectivity index (χ1n) is 14.5. The van der Waals surface area contributed by atoms with Crippen molar-refractivity contribution in [3.8, 4) is 34.4 Å². The molecule has 222 valence electrons. The Hall–Kier alpha value is -5.93. The summed E-state index contributed by atoms with van der Waals surface area (Å²) < 4.78 is 3.55. The van der Waals surface area contributed by atoms with Gasteiger partial charge >= 0.3 is 0 Å². The molecule has 0 spiro atoms. The molecule has 6 aromatic rings. The van der Waals surface area contributed by atoms with Crippen molar-refractivity contribution in [2.45, 2.75) is 6.54 Å². The fourth-order valence-electron chi connectivity index (χ4n) is 5.57. The van der Waals surface area contributed by atoms with Crippen LogP contribution in [0.5, 0.6) is 0 Å². The zero-order valence-corrected chi connectivity index (χ0v) is 24.6. The van der Waals surface area contributed by atoms with Crippen LogP contribution in [0.25, 0.3) is 39.5 Å². The molecule has 0 radical (unpaired) electrons.